The minimum Gasteiger partial charge on any atom is -0.494 e. The maximum Gasteiger partial charge on any atom is 0.411 e. The van der Waals surface area contributed by atoms with Gasteiger partial charge < -0.3 is 14.8 Å². The lowest BCUT2D eigenvalue weighted by Crippen LogP contribution is -2.11. The average molecular weight is 272 g/mol. The normalized spacial score (nSPS) is 8.60. The Kier molecular flexibility index (Phi) is 5.42. The third kappa shape index (κ3) is 3.93. The van der Waals surface area contributed by atoms with E-state index in [1.807, 2.05) is 0 Å². The van der Waals surface area contributed by atoms with Crippen LogP contribution in [0, 0.1) is 22.7 Å². The molecule has 1 rings (SSSR count). The molecular formula is C13H12N4O3. The van der Waals surface area contributed by atoms with Gasteiger partial charge in [-0.1, -0.05) is 0 Å². The van der Waals surface area contributed by atoms with Crippen molar-refractivity contribution in [1.82, 2.24) is 0 Å². The number of amides is 1. The maximum absolute atomic E-state index is 11.1. The van der Waals surface area contributed by atoms with Gasteiger partial charge in [0.25, 0.3) is 0 Å². The molecule has 0 radical (unpaired) electrons. The molecule has 1 aromatic carbocycles. The van der Waals surface area contributed by atoms with Gasteiger partial charge in [-0.15, -0.1) is 0 Å². The highest BCUT2D eigenvalue weighted by Gasteiger charge is 2.08. The van der Waals surface area contributed by atoms with Crippen LogP contribution >= 0.6 is 0 Å². The molecule has 0 bridgehead atoms. The summed E-state index contributed by atoms with van der Waals surface area (Å²) < 4.78 is 9.62. The van der Waals surface area contributed by atoms with Crippen molar-refractivity contribution in [2.45, 2.75) is 0 Å². The van der Waals surface area contributed by atoms with Crippen molar-refractivity contribution < 1.29 is 14.3 Å². The van der Waals surface area contributed by atoms with Crippen molar-refractivity contribution in [3.05, 3.63) is 30.0 Å². The molecule has 0 aromatic heterocycles. The summed E-state index contributed by atoms with van der Waals surface area (Å²) in [5.74, 6) is 0.407. The Hall–Kier alpha value is -3.19. The van der Waals surface area contributed by atoms with Gasteiger partial charge in [0.05, 0.1) is 19.9 Å². The van der Waals surface area contributed by atoms with E-state index in [4.69, 9.17) is 15.3 Å². The number of nitrogens with one attached hydrogen (secondary N) is 2. The van der Waals surface area contributed by atoms with E-state index in [9.17, 15) is 4.79 Å². The van der Waals surface area contributed by atoms with Crippen LogP contribution in [0.2, 0.25) is 0 Å². The zero-order valence-electron chi connectivity index (χ0n) is 10.9. The first-order chi connectivity index (χ1) is 9.64. The molecule has 0 saturated heterocycles. The van der Waals surface area contributed by atoms with Crippen molar-refractivity contribution in [2.75, 3.05) is 24.9 Å². The van der Waals surface area contributed by atoms with E-state index in [1.165, 1.54) is 20.4 Å². The fourth-order valence-corrected chi connectivity index (χ4v) is 1.29. The largest absolute Gasteiger partial charge is 0.494 e. The molecule has 0 saturated carbocycles. The lowest BCUT2D eigenvalue weighted by Gasteiger charge is -2.11. The molecule has 1 amide bonds. The van der Waals surface area contributed by atoms with Gasteiger partial charge in [-0.05, 0) is 12.1 Å². The molecule has 0 heterocycles. The molecule has 20 heavy (non-hydrogen) atoms. The number of carbonyl (C=O) groups excluding carboxylic acids is 1. The van der Waals surface area contributed by atoms with Gasteiger partial charge in [0.15, 0.2) is 0 Å². The van der Waals surface area contributed by atoms with Crippen LogP contribution in [0.5, 0.6) is 5.75 Å². The van der Waals surface area contributed by atoms with E-state index in [2.05, 4.69) is 15.4 Å². The number of nitrogens with zero attached hydrogens (tertiary/aromatic N) is 2. The molecule has 102 valence electrons. The van der Waals surface area contributed by atoms with Gasteiger partial charge in [0.2, 0.25) is 0 Å². The Morgan fingerprint density at radius 3 is 2.55 bits per heavy atom. The first kappa shape index (κ1) is 14.9. The molecule has 0 aliphatic heterocycles. The molecule has 0 atom stereocenters. The lowest BCUT2D eigenvalue weighted by molar-refractivity contribution is 0.187. The first-order valence-electron chi connectivity index (χ1n) is 5.44. The third-order valence-corrected chi connectivity index (χ3v) is 2.25. The van der Waals surface area contributed by atoms with Crippen LogP contribution < -0.4 is 15.4 Å². The summed E-state index contributed by atoms with van der Waals surface area (Å²) in [6, 6.07) is 8.31. The Balaban J connectivity index is 2.93. The van der Waals surface area contributed by atoms with E-state index >= 15 is 0 Å². The van der Waals surface area contributed by atoms with Crippen molar-refractivity contribution in [1.29, 1.82) is 10.5 Å². The van der Waals surface area contributed by atoms with Crippen LogP contribution in [0.1, 0.15) is 0 Å². The molecule has 0 aliphatic rings. The second-order valence-corrected chi connectivity index (χ2v) is 3.46. The van der Waals surface area contributed by atoms with E-state index in [0.29, 0.717) is 17.1 Å². The predicted octanol–water partition coefficient (Wildman–Crippen LogP) is 2.22. The van der Waals surface area contributed by atoms with Gasteiger partial charge in [0, 0.05) is 18.0 Å². The van der Waals surface area contributed by atoms with Gasteiger partial charge in [-0.25, -0.2) is 4.79 Å². The van der Waals surface area contributed by atoms with Crippen LogP contribution in [0.15, 0.2) is 30.0 Å². The van der Waals surface area contributed by atoms with Gasteiger partial charge >= 0.3 is 6.09 Å². The number of benzene rings is 1. The summed E-state index contributed by atoms with van der Waals surface area (Å²) in [6.45, 7) is 0. The van der Waals surface area contributed by atoms with Gasteiger partial charge in [0.1, 0.15) is 23.5 Å². The molecule has 1 aromatic rings. The van der Waals surface area contributed by atoms with Crippen LogP contribution in [0.3, 0.4) is 0 Å². The Labute approximate surface area is 116 Å². The Morgan fingerprint density at radius 2 is 2.00 bits per heavy atom. The quantitative estimate of drug-likeness (QED) is 0.814. The summed E-state index contributed by atoms with van der Waals surface area (Å²) in [7, 11) is 2.71. The topological polar surface area (TPSA) is 107 Å². The number of hydrogen-bond donors (Lipinski definition) is 2. The minimum absolute atomic E-state index is 0.0549. The fourth-order valence-electron chi connectivity index (χ4n) is 1.29. The monoisotopic (exact) mass is 272 g/mol. The second kappa shape index (κ2) is 7.29. The van der Waals surface area contributed by atoms with E-state index in [1.54, 1.807) is 30.3 Å². The highest BCUT2D eigenvalue weighted by molar-refractivity contribution is 5.87. The molecule has 7 heteroatoms. The molecule has 0 fully saturated rings. The Morgan fingerprint density at radius 1 is 1.30 bits per heavy atom. The second-order valence-electron chi connectivity index (χ2n) is 3.46. The SMILES string of the molecule is COC(=O)Nc1ccc(NC=C(C#N)C#N)cc1OC. The number of nitriles is 2. The van der Waals surface area contributed by atoms with E-state index < -0.39 is 6.09 Å². The number of methoxy groups -OCH3 is 2. The van der Waals surface area contributed by atoms with E-state index in [0.717, 1.165) is 0 Å². The number of ether oxygens (including phenoxy) is 2. The van der Waals surface area contributed by atoms with E-state index in [-0.39, 0.29) is 5.57 Å². The van der Waals surface area contributed by atoms with Crippen molar-refractivity contribution in [3.8, 4) is 17.9 Å². The predicted molar refractivity (Wildman–Crippen MR) is 72.0 cm³/mol. The van der Waals surface area contributed by atoms with Gasteiger partial charge in [-0.2, -0.15) is 10.5 Å². The number of rotatable bonds is 4. The number of anilines is 2. The summed E-state index contributed by atoms with van der Waals surface area (Å²) in [4.78, 5) is 11.1. The molecule has 0 unspecified atom stereocenters. The fraction of sp³-hybridized carbons (Fsp3) is 0.154. The average Bonchev–Trinajstić information content (AvgIpc) is 2.49. The molecule has 0 spiro atoms. The minimum atomic E-state index is -0.611. The first-order valence-corrected chi connectivity index (χ1v) is 5.44. The highest BCUT2D eigenvalue weighted by Crippen LogP contribution is 2.28. The summed E-state index contributed by atoms with van der Waals surface area (Å²) in [6.07, 6.45) is 0.669. The van der Waals surface area contributed by atoms with Gasteiger partial charge in [-0.3, -0.25) is 5.32 Å². The third-order valence-electron chi connectivity index (χ3n) is 2.25. The smallest absolute Gasteiger partial charge is 0.411 e. The van der Waals surface area contributed by atoms with Crippen molar-refractivity contribution in [3.63, 3.8) is 0 Å². The summed E-state index contributed by atoms with van der Waals surface area (Å²) in [5, 5.41) is 22.5. The van der Waals surface area contributed by atoms with Crippen LogP contribution in [-0.4, -0.2) is 20.3 Å². The number of allylic oxidation sites excluding steroid dienone is 1. The van der Waals surface area contributed by atoms with Crippen molar-refractivity contribution in [2.24, 2.45) is 0 Å². The molecule has 2 N–H and O–H groups in total. The summed E-state index contributed by atoms with van der Waals surface area (Å²) >= 11 is 0. The standard InChI is InChI=1S/C13H12N4O3/c1-19-12-5-10(16-8-9(6-14)7-15)3-4-11(12)17-13(18)20-2/h3-5,8,16H,1-2H3,(H,17,18). The van der Waals surface area contributed by atoms with Crippen molar-refractivity contribution >= 4 is 17.5 Å². The Bertz CT molecular complexity index is 595. The number of hydrogen-bond acceptors (Lipinski definition) is 6. The zero-order chi connectivity index (χ0) is 15.0. The molecule has 7 nitrogen and oxygen atoms in total. The van der Waals surface area contributed by atoms with Crippen LogP contribution in [-0.2, 0) is 4.74 Å². The molecular weight excluding hydrogens is 260 g/mol. The van der Waals surface area contributed by atoms with Crippen LogP contribution in [0.25, 0.3) is 0 Å². The maximum atomic E-state index is 11.1. The summed E-state index contributed by atoms with van der Waals surface area (Å²) in [5.41, 5.74) is 0.982. The lowest BCUT2D eigenvalue weighted by atomic mass is 10.2. The number of carbonyl (C=O) groups is 1. The highest BCUT2D eigenvalue weighted by atomic mass is 16.5. The molecule has 0 aliphatic carbocycles. The zero-order valence-corrected chi connectivity index (χ0v) is 10.9. The van der Waals surface area contributed by atoms with Crippen LogP contribution in [0.4, 0.5) is 16.2 Å².